The van der Waals surface area contributed by atoms with Gasteiger partial charge in [-0.3, -0.25) is 9.59 Å². The molecule has 3 heteroatoms. The average Bonchev–Trinajstić information content (AvgIpc) is 2.11. The van der Waals surface area contributed by atoms with Gasteiger partial charge in [-0.15, -0.1) is 0 Å². The summed E-state index contributed by atoms with van der Waals surface area (Å²) in [5, 5.41) is 3.28. The lowest BCUT2D eigenvalue weighted by atomic mass is 9.70. The van der Waals surface area contributed by atoms with Gasteiger partial charge in [0.2, 0.25) is 0 Å². The minimum Gasteiger partial charge on any atom is -0.362 e. The lowest BCUT2D eigenvalue weighted by Crippen LogP contribution is -2.38. The molecule has 0 saturated heterocycles. The first-order chi connectivity index (χ1) is 8.23. The Morgan fingerprint density at radius 3 is 2.50 bits per heavy atom. The highest BCUT2D eigenvalue weighted by Gasteiger charge is 2.39. The van der Waals surface area contributed by atoms with Crippen molar-refractivity contribution in [1.29, 1.82) is 0 Å². The number of rotatable bonds is 1. The van der Waals surface area contributed by atoms with Crippen LogP contribution >= 0.6 is 0 Å². The standard InChI is InChI=1S/C15H21NO2/c1-8-13(10(3)17)9(2)16-11-6-15(4,5)7-12(18)14(8)11/h8,16H,6-7H2,1-5H3/t8-/m0/s1. The number of nitrogens with one attached hydrogen (secondary N) is 1. The van der Waals surface area contributed by atoms with Crippen LogP contribution in [0.25, 0.3) is 0 Å². The van der Waals surface area contributed by atoms with Crippen LogP contribution < -0.4 is 5.32 Å². The normalized spacial score (nSPS) is 26.9. The summed E-state index contributed by atoms with van der Waals surface area (Å²) in [6.45, 7) is 9.68. The predicted octanol–water partition coefficient (Wildman–Crippen LogP) is 2.73. The molecule has 0 spiro atoms. The van der Waals surface area contributed by atoms with E-state index < -0.39 is 0 Å². The molecule has 1 heterocycles. The molecule has 0 radical (unpaired) electrons. The highest BCUT2D eigenvalue weighted by Crippen LogP contribution is 2.42. The van der Waals surface area contributed by atoms with E-state index in [0.29, 0.717) is 6.42 Å². The summed E-state index contributed by atoms with van der Waals surface area (Å²) >= 11 is 0. The largest absolute Gasteiger partial charge is 0.362 e. The Morgan fingerprint density at radius 1 is 1.33 bits per heavy atom. The van der Waals surface area contributed by atoms with Crippen LogP contribution in [0.5, 0.6) is 0 Å². The maximum atomic E-state index is 12.3. The Kier molecular flexibility index (Phi) is 2.96. The van der Waals surface area contributed by atoms with Crippen LogP contribution in [0, 0.1) is 11.3 Å². The van der Waals surface area contributed by atoms with Crippen molar-refractivity contribution >= 4 is 11.6 Å². The molecule has 0 fully saturated rings. The molecule has 1 aliphatic heterocycles. The number of dihydropyridines is 1. The number of hydrogen-bond donors (Lipinski definition) is 1. The number of carbonyl (C=O) groups excluding carboxylic acids is 2. The minimum atomic E-state index is -0.0673. The van der Waals surface area contributed by atoms with E-state index in [-0.39, 0.29) is 22.9 Å². The third-order valence-corrected chi connectivity index (χ3v) is 3.91. The second-order valence-corrected chi connectivity index (χ2v) is 6.27. The highest BCUT2D eigenvalue weighted by atomic mass is 16.1. The molecule has 0 aromatic carbocycles. The lowest BCUT2D eigenvalue weighted by molar-refractivity contribution is -0.118. The molecular formula is C15H21NO2. The van der Waals surface area contributed by atoms with E-state index in [1.54, 1.807) is 6.92 Å². The monoisotopic (exact) mass is 247 g/mol. The number of Topliss-reactive ketones (excluding diaryl/α,β-unsaturated/α-hetero) is 2. The Morgan fingerprint density at radius 2 is 1.94 bits per heavy atom. The van der Waals surface area contributed by atoms with Gasteiger partial charge in [-0.1, -0.05) is 20.8 Å². The van der Waals surface area contributed by atoms with Crippen LogP contribution in [0.2, 0.25) is 0 Å². The maximum absolute atomic E-state index is 12.3. The van der Waals surface area contributed by atoms with Crippen LogP contribution in [0.1, 0.15) is 47.5 Å². The Labute approximate surface area is 108 Å². The molecule has 18 heavy (non-hydrogen) atoms. The molecule has 3 nitrogen and oxygen atoms in total. The van der Waals surface area contributed by atoms with Crippen molar-refractivity contribution in [3.8, 4) is 0 Å². The zero-order chi connectivity index (χ0) is 13.7. The third kappa shape index (κ3) is 2.02. The molecule has 1 atom stereocenters. The number of hydrogen-bond acceptors (Lipinski definition) is 3. The van der Waals surface area contributed by atoms with Crippen molar-refractivity contribution in [1.82, 2.24) is 5.32 Å². The molecule has 1 N–H and O–H groups in total. The minimum absolute atomic E-state index is 0.0106. The highest BCUT2D eigenvalue weighted by molar-refractivity contribution is 6.03. The third-order valence-electron chi connectivity index (χ3n) is 3.91. The number of ketones is 2. The summed E-state index contributed by atoms with van der Waals surface area (Å²) in [6.07, 6.45) is 1.45. The second kappa shape index (κ2) is 4.08. The molecule has 0 bridgehead atoms. The van der Waals surface area contributed by atoms with Gasteiger partial charge in [0.25, 0.3) is 0 Å². The van der Waals surface area contributed by atoms with Crippen molar-refractivity contribution in [2.24, 2.45) is 11.3 Å². The summed E-state index contributed by atoms with van der Waals surface area (Å²) in [4.78, 5) is 24.0. The second-order valence-electron chi connectivity index (χ2n) is 6.27. The molecule has 98 valence electrons. The van der Waals surface area contributed by atoms with E-state index in [0.717, 1.165) is 29.0 Å². The molecule has 1 aliphatic carbocycles. The van der Waals surface area contributed by atoms with Gasteiger partial charge in [-0.2, -0.15) is 0 Å². The quantitative estimate of drug-likeness (QED) is 0.775. The summed E-state index contributed by atoms with van der Waals surface area (Å²) in [6, 6.07) is 0. The van der Waals surface area contributed by atoms with E-state index in [1.165, 1.54) is 0 Å². The van der Waals surface area contributed by atoms with E-state index in [4.69, 9.17) is 0 Å². The fraction of sp³-hybridized carbons (Fsp3) is 0.600. The number of carbonyl (C=O) groups is 2. The zero-order valence-corrected chi connectivity index (χ0v) is 11.8. The summed E-state index contributed by atoms with van der Waals surface area (Å²) in [5.41, 5.74) is 3.51. The molecule has 0 saturated carbocycles. The Hall–Kier alpha value is -1.38. The molecule has 0 aromatic heterocycles. The topological polar surface area (TPSA) is 46.2 Å². The molecule has 0 aromatic rings. The fourth-order valence-electron chi connectivity index (χ4n) is 3.28. The Bertz CT molecular complexity index is 495. The van der Waals surface area contributed by atoms with Gasteiger partial charge >= 0.3 is 0 Å². The van der Waals surface area contributed by atoms with Gasteiger partial charge < -0.3 is 5.32 Å². The first-order valence-electron chi connectivity index (χ1n) is 6.48. The molecule has 0 unspecified atom stereocenters. The summed E-state index contributed by atoms with van der Waals surface area (Å²) < 4.78 is 0. The van der Waals surface area contributed by atoms with Crippen LogP contribution in [0.3, 0.4) is 0 Å². The first-order valence-corrected chi connectivity index (χ1v) is 6.48. The molecular weight excluding hydrogens is 226 g/mol. The van der Waals surface area contributed by atoms with Crippen molar-refractivity contribution in [3.63, 3.8) is 0 Å². The van der Waals surface area contributed by atoms with Gasteiger partial charge in [0.05, 0.1) is 0 Å². The van der Waals surface area contributed by atoms with E-state index >= 15 is 0 Å². The lowest BCUT2D eigenvalue weighted by Gasteiger charge is -2.38. The smallest absolute Gasteiger partial charge is 0.161 e. The maximum Gasteiger partial charge on any atom is 0.161 e. The number of allylic oxidation sites excluding steroid dienone is 4. The van der Waals surface area contributed by atoms with Crippen LogP contribution in [-0.4, -0.2) is 11.6 Å². The summed E-state index contributed by atoms with van der Waals surface area (Å²) in [7, 11) is 0. The van der Waals surface area contributed by atoms with Gasteiger partial charge in [0.15, 0.2) is 11.6 Å². The van der Waals surface area contributed by atoms with E-state index in [2.05, 4.69) is 19.2 Å². The first kappa shape index (κ1) is 13.1. The van der Waals surface area contributed by atoms with Gasteiger partial charge in [-0.05, 0) is 25.7 Å². The average molecular weight is 247 g/mol. The van der Waals surface area contributed by atoms with Crippen LogP contribution in [0.4, 0.5) is 0 Å². The Balaban J connectivity index is 2.46. The van der Waals surface area contributed by atoms with E-state index in [1.807, 2.05) is 13.8 Å². The van der Waals surface area contributed by atoms with Crippen molar-refractivity contribution in [3.05, 3.63) is 22.5 Å². The van der Waals surface area contributed by atoms with Crippen LogP contribution in [-0.2, 0) is 9.59 Å². The SMILES string of the molecule is CC(=O)C1=C(C)NC2=C(C(=O)CC(C)(C)C2)[C@H]1C. The molecule has 2 aliphatic rings. The zero-order valence-electron chi connectivity index (χ0n) is 11.8. The molecule has 0 amide bonds. The van der Waals surface area contributed by atoms with Crippen molar-refractivity contribution in [2.75, 3.05) is 0 Å². The summed E-state index contributed by atoms with van der Waals surface area (Å²) in [5.74, 6) is 0.173. The van der Waals surface area contributed by atoms with E-state index in [9.17, 15) is 9.59 Å². The van der Waals surface area contributed by atoms with Gasteiger partial charge in [0, 0.05) is 34.9 Å². The fourth-order valence-corrected chi connectivity index (χ4v) is 3.28. The van der Waals surface area contributed by atoms with Crippen molar-refractivity contribution in [2.45, 2.75) is 47.5 Å². The van der Waals surface area contributed by atoms with Crippen LogP contribution in [0.15, 0.2) is 22.5 Å². The predicted molar refractivity (Wildman–Crippen MR) is 70.7 cm³/mol. The van der Waals surface area contributed by atoms with Gasteiger partial charge in [0.1, 0.15) is 0 Å². The van der Waals surface area contributed by atoms with Crippen molar-refractivity contribution < 1.29 is 9.59 Å². The molecule has 2 rings (SSSR count). The van der Waals surface area contributed by atoms with Gasteiger partial charge in [-0.25, -0.2) is 0 Å².